The molecule has 7 heteroatoms. The van der Waals surface area contributed by atoms with E-state index in [2.05, 4.69) is 4.74 Å². The SMILES string of the molecule is COC(=O)CSc1ccc(N)c2c1CCN(C(=O)OC(C)(C)C)C2. The zero-order valence-electron chi connectivity index (χ0n) is 14.5. The zero-order chi connectivity index (χ0) is 17.9. The van der Waals surface area contributed by atoms with Crippen LogP contribution in [0.15, 0.2) is 17.0 Å². The number of nitrogens with zero attached hydrogens (tertiary/aromatic N) is 1. The second-order valence-electron chi connectivity index (χ2n) is 6.63. The molecule has 24 heavy (non-hydrogen) atoms. The molecule has 1 aromatic carbocycles. The van der Waals surface area contributed by atoms with Crippen molar-refractivity contribution in [3.63, 3.8) is 0 Å². The lowest BCUT2D eigenvalue weighted by atomic mass is 9.98. The van der Waals surface area contributed by atoms with Crippen LogP contribution in [0.2, 0.25) is 0 Å². The minimum Gasteiger partial charge on any atom is -0.468 e. The number of ether oxygens (including phenoxy) is 2. The van der Waals surface area contributed by atoms with Gasteiger partial charge in [-0.3, -0.25) is 4.79 Å². The Labute approximate surface area is 146 Å². The molecule has 6 nitrogen and oxygen atoms in total. The number of rotatable bonds is 3. The number of methoxy groups -OCH3 is 1. The van der Waals surface area contributed by atoms with Gasteiger partial charge in [-0.2, -0.15) is 0 Å². The van der Waals surface area contributed by atoms with Crippen LogP contribution in [-0.4, -0.2) is 42.0 Å². The average Bonchev–Trinajstić information content (AvgIpc) is 2.52. The standard InChI is InChI=1S/C17H24N2O4S/c1-17(2,3)23-16(21)19-8-7-11-12(9-19)13(18)5-6-14(11)24-10-15(20)22-4/h5-6H,7-10,18H2,1-4H3. The number of benzene rings is 1. The topological polar surface area (TPSA) is 81.9 Å². The summed E-state index contributed by atoms with van der Waals surface area (Å²) in [5, 5.41) is 0. The fraction of sp³-hybridized carbons (Fsp3) is 0.529. The van der Waals surface area contributed by atoms with E-state index in [4.69, 9.17) is 10.5 Å². The molecule has 132 valence electrons. The minimum atomic E-state index is -0.527. The number of thioether (sulfide) groups is 1. The largest absolute Gasteiger partial charge is 0.468 e. The average molecular weight is 352 g/mol. The number of amides is 1. The molecule has 0 radical (unpaired) electrons. The molecule has 0 aliphatic carbocycles. The number of nitrogen functional groups attached to an aromatic ring is 1. The van der Waals surface area contributed by atoms with Crippen molar-refractivity contribution in [2.24, 2.45) is 0 Å². The third-order valence-corrected chi connectivity index (χ3v) is 4.70. The van der Waals surface area contributed by atoms with Crippen LogP contribution in [0, 0.1) is 0 Å². The number of fused-ring (bicyclic) bond motifs is 1. The van der Waals surface area contributed by atoms with E-state index in [9.17, 15) is 9.59 Å². The lowest BCUT2D eigenvalue weighted by Crippen LogP contribution is -2.40. The van der Waals surface area contributed by atoms with Crippen LogP contribution in [0.3, 0.4) is 0 Å². The van der Waals surface area contributed by atoms with Gasteiger partial charge in [0.1, 0.15) is 5.60 Å². The van der Waals surface area contributed by atoms with Gasteiger partial charge in [-0.1, -0.05) is 0 Å². The van der Waals surface area contributed by atoms with Crippen molar-refractivity contribution < 1.29 is 19.1 Å². The Hall–Kier alpha value is -1.89. The smallest absolute Gasteiger partial charge is 0.410 e. The van der Waals surface area contributed by atoms with Crippen LogP contribution in [0.5, 0.6) is 0 Å². The molecule has 2 N–H and O–H groups in total. The summed E-state index contributed by atoms with van der Waals surface area (Å²) >= 11 is 1.43. The Morgan fingerprint density at radius 2 is 2.00 bits per heavy atom. The molecular weight excluding hydrogens is 328 g/mol. The summed E-state index contributed by atoms with van der Waals surface area (Å²) in [6.45, 7) is 6.52. The van der Waals surface area contributed by atoms with E-state index in [0.717, 1.165) is 16.0 Å². The molecular formula is C17H24N2O4S. The van der Waals surface area contributed by atoms with E-state index in [1.54, 1.807) is 4.90 Å². The molecule has 1 aliphatic rings. The summed E-state index contributed by atoms with van der Waals surface area (Å²) in [5.74, 6) is -0.0143. The van der Waals surface area contributed by atoms with Gasteiger partial charge in [0.2, 0.25) is 0 Å². The number of carbonyl (C=O) groups excluding carboxylic acids is 2. The molecule has 1 heterocycles. The van der Waals surface area contributed by atoms with Crippen molar-refractivity contribution in [1.29, 1.82) is 0 Å². The Kier molecular flexibility index (Phi) is 5.64. The quantitative estimate of drug-likeness (QED) is 0.512. The highest BCUT2D eigenvalue weighted by molar-refractivity contribution is 8.00. The summed E-state index contributed by atoms with van der Waals surface area (Å²) in [6.07, 6.45) is 0.350. The second-order valence-corrected chi connectivity index (χ2v) is 7.64. The molecule has 0 atom stereocenters. The predicted molar refractivity (Wildman–Crippen MR) is 93.9 cm³/mol. The monoisotopic (exact) mass is 352 g/mol. The number of anilines is 1. The first-order valence-corrected chi connectivity index (χ1v) is 8.77. The van der Waals surface area contributed by atoms with Gasteiger partial charge in [0, 0.05) is 17.1 Å². The lowest BCUT2D eigenvalue weighted by molar-refractivity contribution is -0.137. The third kappa shape index (κ3) is 4.56. The molecule has 1 amide bonds. The molecule has 0 bridgehead atoms. The van der Waals surface area contributed by atoms with E-state index in [0.29, 0.717) is 25.2 Å². The number of carbonyl (C=O) groups is 2. The molecule has 1 aliphatic heterocycles. The van der Waals surface area contributed by atoms with Crippen LogP contribution < -0.4 is 5.73 Å². The Balaban J connectivity index is 2.16. The maximum Gasteiger partial charge on any atom is 0.410 e. The van der Waals surface area contributed by atoms with Crippen LogP contribution in [0.25, 0.3) is 0 Å². The van der Waals surface area contributed by atoms with Gasteiger partial charge < -0.3 is 20.1 Å². The summed E-state index contributed by atoms with van der Waals surface area (Å²) in [7, 11) is 1.38. The fourth-order valence-electron chi connectivity index (χ4n) is 2.48. The number of nitrogens with two attached hydrogens (primary N) is 1. The van der Waals surface area contributed by atoms with Gasteiger partial charge >= 0.3 is 12.1 Å². The van der Waals surface area contributed by atoms with Crippen LogP contribution in [-0.2, 0) is 27.2 Å². The molecule has 0 fully saturated rings. The van der Waals surface area contributed by atoms with Crippen molar-refractivity contribution in [3.8, 4) is 0 Å². The van der Waals surface area contributed by atoms with Crippen LogP contribution >= 0.6 is 11.8 Å². The van der Waals surface area contributed by atoms with Gasteiger partial charge in [-0.15, -0.1) is 11.8 Å². The molecule has 0 unspecified atom stereocenters. The maximum atomic E-state index is 12.3. The Morgan fingerprint density at radius 3 is 2.62 bits per heavy atom. The minimum absolute atomic E-state index is 0.253. The normalized spacial score (nSPS) is 14.1. The highest BCUT2D eigenvalue weighted by Crippen LogP contribution is 2.33. The highest BCUT2D eigenvalue weighted by atomic mass is 32.2. The highest BCUT2D eigenvalue weighted by Gasteiger charge is 2.28. The fourth-order valence-corrected chi connectivity index (χ4v) is 3.44. The van der Waals surface area contributed by atoms with Gasteiger partial charge in [-0.05, 0) is 50.5 Å². The predicted octanol–water partition coefficient (Wildman–Crippen LogP) is 2.83. The van der Waals surface area contributed by atoms with Crippen LogP contribution in [0.4, 0.5) is 10.5 Å². The first-order valence-electron chi connectivity index (χ1n) is 7.79. The third-order valence-electron chi connectivity index (χ3n) is 3.63. The van der Waals surface area contributed by atoms with Gasteiger partial charge in [0.15, 0.2) is 0 Å². The number of hydrogen-bond acceptors (Lipinski definition) is 6. The van der Waals surface area contributed by atoms with Gasteiger partial charge in [0.25, 0.3) is 0 Å². The number of esters is 1. The summed E-state index contributed by atoms with van der Waals surface area (Å²) < 4.78 is 10.1. The zero-order valence-corrected chi connectivity index (χ0v) is 15.4. The van der Waals surface area contributed by atoms with Crippen LogP contribution in [0.1, 0.15) is 31.9 Å². The molecule has 0 saturated heterocycles. The molecule has 0 aromatic heterocycles. The van der Waals surface area contributed by atoms with Crippen molar-refractivity contribution >= 4 is 29.5 Å². The van der Waals surface area contributed by atoms with Gasteiger partial charge in [-0.25, -0.2) is 4.79 Å². The van der Waals surface area contributed by atoms with Crippen molar-refractivity contribution in [2.75, 3.05) is 25.1 Å². The Bertz CT molecular complexity index is 640. The Morgan fingerprint density at radius 1 is 1.29 bits per heavy atom. The maximum absolute atomic E-state index is 12.3. The first-order chi connectivity index (χ1) is 11.2. The summed E-state index contributed by atoms with van der Waals surface area (Å²) in [6, 6.07) is 3.74. The van der Waals surface area contributed by atoms with E-state index >= 15 is 0 Å². The van der Waals surface area contributed by atoms with E-state index < -0.39 is 5.60 Å². The summed E-state index contributed by atoms with van der Waals surface area (Å²) in [4.78, 5) is 26.3. The number of hydrogen-bond donors (Lipinski definition) is 1. The van der Waals surface area contributed by atoms with E-state index in [1.807, 2.05) is 32.9 Å². The second kappa shape index (κ2) is 7.34. The van der Waals surface area contributed by atoms with Crippen molar-refractivity contribution in [3.05, 3.63) is 23.3 Å². The van der Waals surface area contributed by atoms with Gasteiger partial charge in [0.05, 0.1) is 19.4 Å². The van der Waals surface area contributed by atoms with Crippen molar-refractivity contribution in [2.45, 2.75) is 44.2 Å². The molecule has 0 saturated carbocycles. The molecule has 0 spiro atoms. The summed E-state index contributed by atoms with van der Waals surface area (Å²) in [5.41, 5.74) is 8.26. The molecule has 1 aromatic rings. The lowest BCUT2D eigenvalue weighted by Gasteiger charge is -2.32. The first kappa shape index (κ1) is 18.4. The van der Waals surface area contributed by atoms with Crippen molar-refractivity contribution in [1.82, 2.24) is 4.90 Å². The molecule has 2 rings (SSSR count). The van der Waals surface area contributed by atoms with E-state index in [-0.39, 0.29) is 17.8 Å². The van der Waals surface area contributed by atoms with E-state index in [1.165, 1.54) is 18.9 Å².